The molecule has 325 valence electrons. The number of rotatable bonds is 9. The number of hydrogen-bond donors (Lipinski definition) is 1. The summed E-state index contributed by atoms with van der Waals surface area (Å²) >= 11 is -1.38. The van der Waals surface area contributed by atoms with Crippen molar-refractivity contribution < 1.29 is 38.7 Å². The van der Waals surface area contributed by atoms with Crippen LogP contribution in [-0.4, -0.2) is 69.8 Å². The number of benzene rings is 5. The second kappa shape index (κ2) is 19.1. The average Bonchev–Trinajstić information content (AvgIpc) is 3.50. The van der Waals surface area contributed by atoms with E-state index in [9.17, 15) is 25.4 Å². The third-order valence-electron chi connectivity index (χ3n) is 11.1. The molecule has 0 bridgehead atoms. The normalized spacial score (nSPS) is 16.7. The smallest absolute Gasteiger partial charge is 0.294 e. The molecule has 5 aromatic rings. The van der Waals surface area contributed by atoms with Crippen LogP contribution in [0.5, 0.6) is 5.75 Å². The van der Waals surface area contributed by atoms with E-state index in [2.05, 4.69) is 81.7 Å². The van der Waals surface area contributed by atoms with E-state index in [-0.39, 0.29) is 21.5 Å². The molecule has 0 amide bonds. The van der Waals surface area contributed by atoms with Crippen molar-refractivity contribution in [3.05, 3.63) is 167 Å². The van der Waals surface area contributed by atoms with E-state index in [0.717, 1.165) is 44.9 Å². The second-order valence-corrected chi connectivity index (χ2v) is 20.9. The van der Waals surface area contributed by atoms with Crippen LogP contribution >= 0.6 is 0 Å². The number of likely N-dealkylation sites (N-methyl/N-ethyl adjacent to an activating group) is 1. The Morgan fingerprint density at radius 3 is 2.08 bits per heavy atom. The van der Waals surface area contributed by atoms with Gasteiger partial charge in [0.05, 0.1) is 15.2 Å². The first-order valence-electron chi connectivity index (χ1n) is 19.9. The first-order valence-corrected chi connectivity index (χ1v) is 24.7. The van der Waals surface area contributed by atoms with Gasteiger partial charge in [0.1, 0.15) is 18.6 Å². The molecule has 0 aromatic heterocycles. The first-order chi connectivity index (χ1) is 28.9. The highest BCUT2D eigenvalue weighted by Crippen LogP contribution is 2.48. The summed E-state index contributed by atoms with van der Waals surface area (Å²) in [6.07, 6.45) is 9.05. The maximum atomic E-state index is 13.0. The van der Waals surface area contributed by atoms with Crippen molar-refractivity contribution in [1.82, 2.24) is 0 Å². The topological polar surface area (TPSA) is 121 Å². The molecule has 7 rings (SSSR count). The van der Waals surface area contributed by atoms with Gasteiger partial charge in [-0.1, -0.05) is 98.0 Å². The van der Waals surface area contributed by atoms with Crippen LogP contribution in [0.1, 0.15) is 62.7 Å². The Kier molecular flexibility index (Phi) is 14.7. The highest BCUT2D eigenvalue weighted by atomic mass is 32.2. The van der Waals surface area contributed by atoms with E-state index >= 15 is 0 Å². The summed E-state index contributed by atoms with van der Waals surface area (Å²) in [5.41, 5.74) is 8.97. The Morgan fingerprint density at radius 1 is 0.839 bits per heavy atom. The molecule has 0 fully saturated rings. The highest BCUT2D eigenvalue weighted by molar-refractivity contribution is 7.90. The number of allylic oxidation sites excluding steroid dienone is 4. The number of aryl methyl sites for hydroxylation is 1. The van der Waals surface area contributed by atoms with Gasteiger partial charge in [0.15, 0.2) is 22.8 Å². The Labute approximate surface area is 370 Å². The van der Waals surface area contributed by atoms with Crippen LogP contribution in [0.3, 0.4) is 0 Å². The van der Waals surface area contributed by atoms with Crippen LogP contribution in [0.25, 0.3) is 0 Å². The summed E-state index contributed by atoms with van der Waals surface area (Å²) in [6.45, 7) is 12.5. The predicted octanol–water partition coefficient (Wildman–Crippen LogP) is 8.79. The molecular weight excluding hydrogens is 843 g/mol. The van der Waals surface area contributed by atoms with Crippen molar-refractivity contribution in [2.45, 2.75) is 68.0 Å². The summed E-state index contributed by atoms with van der Waals surface area (Å²) in [4.78, 5) is 2.40. The number of halogens is 1. The molecule has 9 nitrogen and oxygen atoms in total. The number of fused-ring (bicyclic) bond motifs is 2. The van der Waals surface area contributed by atoms with E-state index in [1.165, 1.54) is 36.3 Å². The van der Waals surface area contributed by atoms with Gasteiger partial charge in [-0.25, -0.2) is 17.0 Å². The second-order valence-electron chi connectivity index (χ2n) is 16.5. The molecule has 14 heteroatoms. The minimum Gasteiger partial charge on any atom is -0.401 e. The molecule has 62 heavy (non-hydrogen) atoms. The number of anilines is 1. The van der Waals surface area contributed by atoms with Gasteiger partial charge < -0.3 is 9.08 Å². The molecule has 0 spiro atoms. The summed E-state index contributed by atoms with van der Waals surface area (Å²) in [7, 11) is -1.17. The van der Waals surface area contributed by atoms with E-state index in [1.807, 2.05) is 69.6 Å². The van der Waals surface area contributed by atoms with E-state index in [1.54, 1.807) is 36.4 Å². The van der Waals surface area contributed by atoms with Crippen molar-refractivity contribution >= 4 is 60.9 Å². The van der Waals surface area contributed by atoms with Crippen LogP contribution in [0.4, 0.5) is 15.8 Å². The van der Waals surface area contributed by atoms with Crippen molar-refractivity contribution in [2.75, 3.05) is 31.5 Å². The summed E-state index contributed by atoms with van der Waals surface area (Å²) in [5.74, 6) is 0.705. The largest absolute Gasteiger partial charge is 0.401 e. The van der Waals surface area contributed by atoms with Gasteiger partial charge in [0.2, 0.25) is 16.8 Å². The van der Waals surface area contributed by atoms with Crippen molar-refractivity contribution in [2.24, 2.45) is 0 Å². The van der Waals surface area contributed by atoms with Gasteiger partial charge >= 0.3 is 0 Å². The molecule has 0 saturated carbocycles. The Hall–Kier alpha value is -5.15. The van der Waals surface area contributed by atoms with Crippen molar-refractivity contribution in [1.29, 1.82) is 0 Å². The van der Waals surface area contributed by atoms with Gasteiger partial charge in [0.25, 0.3) is 10.1 Å². The lowest BCUT2D eigenvalue weighted by molar-refractivity contribution is -0.401. The molecule has 1 N–H and O–H groups in total. The zero-order valence-electron chi connectivity index (χ0n) is 36.8. The maximum Gasteiger partial charge on any atom is 0.294 e. The lowest BCUT2D eigenvalue weighted by Gasteiger charge is -2.23. The minimum atomic E-state index is -4.02. The quantitative estimate of drug-likeness (QED) is 0.0886. The zero-order chi connectivity index (χ0) is 45.8. The predicted molar refractivity (Wildman–Crippen MR) is 251 cm³/mol. The van der Waals surface area contributed by atoms with Crippen LogP contribution in [-0.2, 0) is 41.9 Å². The number of sulfone groups is 1. The van der Waals surface area contributed by atoms with Crippen molar-refractivity contribution in [3.8, 4) is 5.75 Å². The Bertz CT molecular complexity index is 2790. The molecule has 2 aliphatic rings. The van der Waals surface area contributed by atoms with Crippen LogP contribution in [0.2, 0.25) is 0 Å². The van der Waals surface area contributed by atoms with Gasteiger partial charge in [0, 0.05) is 54.1 Å². The van der Waals surface area contributed by atoms with Gasteiger partial charge in [-0.05, 0) is 92.8 Å². The van der Waals surface area contributed by atoms with E-state index in [4.69, 9.17) is 8.74 Å². The highest BCUT2D eigenvalue weighted by Gasteiger charge is 2.43. The minimum absolute atomic E-state index is 0.0666. The fourth-order valence-electron chi connectivity index (χ4n) is 7.74. The molecule has 2 atom stereocenters. The van der Waals surface area contributed by atoms with Gasteiger partial charge in [-0.15, -0.1) is 0 Å². The molecule has 0 saturated heterocycles. The molecule has 2 heterocycles. The zero-order valence-corrected chi connectivity index (χ0v) is 39.2. The third kappa shape index (κ3) is 11.3. The number of hydrogen-bond acceptors (Lipinski definition) is 7. The van der Waals surface area contributed by atoms with E-state index < -0.39 is 31.0 Å². The molecule has 1 radical (unpaired) electrons. The molecule has 2 unspecified atom stereocenters. The van der Waals surface area contributed by atoms with Gasteiger partial charge in [-0.2, -0.15) is 13.0 Å². The van der Waals surface area contributed by atoms with Crippen molar-refractivity contribution in [3.63, 3.8) is 0 Å². The van der Waals surface area contributed by atoms with Crippen LogP contribution in [0.15, 0.2) is 149 Å². The summed E-state index contributed by atoms with van der Waals surface area (Å²) < 4.78 is 85.9. The van der Waals surface area contributed by atoms with Gasteiger partial charge in [-0.3, -0.25) is 4.55 Å². The molecule has 2 aliphatic heterocycles. The first kappa shape index (κ1) is 47.9. The fourth-order valence-corrected chi connectivity index (χ4v) is 9.24. The molecule has 0 aliphatic carbocycles. The van der Waals surface area contributed by atoms with Crippen LogP contribution in [0, 0.1) is 12.7 Å². The fraction of sp³-hybridized carbons (Fsp3) is 0.271. The van der Waals surface area contributed by atoms with Crippen LogP contribution < -0.4 is 14.5 Å². The third-order valence-corrected chi connectivity index (χ3v) is 13.5. The molecular formula is C48H54BFN2O7S3+. The van der Waals surface area contributed by atoms with E-state index in [0.29, 0.717) is 16.5 Å². The standard InChI is InChI=1S/C27H33N2O4S2.C14H13BF.C7H8O3S/c1-26(2)20-16-18(33-34(7)30)12-14-22(20)28(5)24(26)10-9-11-25-27(3,4)21-17-19(35(8,31)32)13-15-23(21)29(25)6;1-11(12-6-3-2-4-7-12)15-13-8-5-9-14(16)10-13;1-6-2-4-7(5-3-6)11(8,9)10/h9-17H,1-8H3;2-11H,1H3;2-5H,1H3,(H,8,9,10)/q+1;;. The lowest BCUT2D eigenvalue weighted by Crippen LogP contribution is -2.26. The summed E-state index contributed by atoms with van der Waals surface area (Å²) in [6, 6.07) is 34.0. The summed E-state index contributed by atoms with van der Waals surface area (Å²) in [5, 5.41) is 0. The number of nitrogens with zero attached hydrogens (tertiary/aromatic N) is 2. The SMILES string of the molecule is CC([B]c1cccc(F)c1)c1ccccc1.CN1/C(=C\C=C\C2=[N+](C)c3ccc(OS(C)=O)cc3C2(C)C)C(C)(C)c2cc(S(C)(=O)=O)ccc21.Cc1ccc(S(=O)(=O)O)cc1. The monoisotopic (exact) mass is 896 g/mol. The maximum absolute atomic E-state index is 13.0. The molecule has 5 aromatic carbocycles. The Balaban J connectivity index is 0.000000219. The average molecular weight is 897 g/mol. The lowest BCUT2D eigenvalue weighted by atomic mass is 9.58. The Morgan fingerprint density at radius 2 is 1.48 bits per heavy atom.